The SMILES string of the molecule is Cc1ccc(CN(CCN)C(=O)C(F)(F)F)cc1. The molecule has 1 rings (SSSR count). The molecule has 6 heteroatoms. The summed E-state index contributed by atoms with van der Waals surface area (Å²) in [7, 11) is 0. The standard InChI is InChI=1S/C12H15F3N2O/c1-9-2-4-10(5-3-9)8-17(7-6-16)11(18)12(13,14)15/h2-5H,6-8,16H2,1H3. The molecule has 0 heterocycles. The number of halogens is 3. The van der Waals surface area contributed by atoms with E-state index in [0.29, 0.717) is 10.5 Å². The van der Waals surface area contributed by atoms with E-state index in [0.717, 1.165) is 5.56 Å². The number of rotatable bonds is 4. The van der Waals surface area contributed by atoms with E-state index >= 15 is 0 Å². The third-order valence-corrected chi connectivity index (χ3v) is 2.42. The van der Waals surface area contributed by atoms with Crippen LogP contribution in [0.5, 0.6) is 0 Å². The summed E-state index contributed by atoms with van der Waals surface area (Å²) >= 11 is 0. The highest BCUT2D eigenvalue weighted by molar-refractivity contribution is 5.81. The van der Waals surface area contributed by atoms with Gasteiger partial charge in [0, 0.05) is 19.6 Å². The summed E-state index contributed by atoms with van der Waals surface area (Å²) in [4.78, 5) is 11.9. The van der Waals surface area contributed by atoms with Gasteiger partial charge in [-0.3, -0.25) is 4.79 Å². The van der Waals surface area contributed by atoms with E-state index in [1.807, 2.05) is 6.92 Å². The van der Waals surface area contributed by atoms with Crippen LogP contribution < -0.4 is 5.73 Å². The van der Waals surface area contributed by atoms with Gasteiger partial charge in [0.15, 0.2) is 0 Å². The summed E-state index contributed by atoms with van der Waals surface area (Å²) in [5.74, 6) is -1.85. The lowest BCUT2D eigenvalue weighted by atomic mass is 10.1. The van der Waals surface area contributed by atoms with Gasteiger partial charge in [-0.25, -0.2) is 0 Å². The number of aryl methyl sites for hydroxylation is 1. The first-order chi connectivity index (χ1) is 8.34. The van der Waals surface area contributed by atoms with Gasteiger partial charge >= 0.3 is 12.1 Å². The Morgan fingerprint density at radius 3 is 2.28 bits per heavy atom. The summed E-state index contributed by atoms with van der Waals surface area (Å²) in [5, 5.41) is 0. The van der Waals surface area contributed by atoms with Crippen molar-refractivity contribution in [3.8, 4) is 0 Å². The number of nitrogens with two attached hydrogens (primary N) is 1. The molecule has 3 nitrogen and oxygen atoms in total. The van der Waals surface area contributed by atoms with Crippen molar-refractivity contribution >= 4 is 5.91 Å². The Kier molecular flexibility index (Phi) is 4.72. The Bertz CT molecular complexity index is 401. The zero-order chi connectivity index (χ0) is 13.8. The van der Waals surface area contributed by atoms with Crippen LogP contribution in [-0.2, 0) is 11.3 Å². The Labute approximate surface area is 103 Å². The predicted octanol–water partition coefficient (Wildman–Crippen LogP) is 1.84. The van der Waals surface area contributed by atoms with Gasteiger partial charge in [-0.1, -0.05) is 29.8 Å². The molecule has 0 bridgehead atoms. The molecular weight excluding hydrogens is 245 g/mol. The number of nitrogens with zero attached hydrogens (tertiary/aromatic N) is 1. The van der Waals surface area contributed by atoms with E-state index in [1.165, 1.54) is 0 Å². The monoisotopic (exact) mass is 260 g/mol. The van der Waals surface area contributed by atoms with Crippen LogP contribution in [-0.4, -0.2) is 30.1 Å². The Balaban J connectivity index is 2.80. The van der Waals surface area contributed by atoms with Crippen LogP contribution in [0, 0.1) is 6.92 Å². The molecule has 0 unspecified atom stereocenters. The lowest BCUT2D eigenvalue weighted by Crippen LogP contribution is -2.43. The van der Waals surface area contributed by atoms with Crippen molar-refractivity contribution < 1.29 is 18.0 Å². The molecule has 0 saturated carbocycles. The Hall–Kier alpha value is -1.56. The Morgan fingerprint density at radius 2 is 1.83 bits per heavy atom. The fourth-order valence-electron chi connectivity index (χ4n) is 1.50. The summed E-state index contributed by atoms with van der Waals surface area (Å²) in [6, 6.07) is 6.97. The molecule has 100 valence electrons. The highest BCUT2D eigenvalue weighted by Gasteiger charge is 2.42. The van der Waals surface area contributed by atoms with E-state index in [2.05, 4.69) is 0 Å². The number of carbonyl (C=O) groups is 1. The summed E-state index contributed by atoms with van der Waals surface area (Å²) in [6.07, 6.45) is -4.86. The molecule has 0 atom stereocenters. The quantitative estimate of drug-likeness (QED) is 0.898. The van der Waals surface area contributed by atoms with Gasteiger partial charge in [0.1, 0.15) is 0 Å². The number of benzene rings is 1. The van der Waals surface area contributed by atoms with Crippen molar-refractivity contribution in [2.75, 3.05) is 13.1 Å². The second-order valence-corrected chi connectivity index (χ2v) is 4.00. The molecule has 2 N–H and O–H groups in total. The van der Waals surface area contributed by atoms with Crippen LogP contribution in [0.3, 0.4) is 0 Å². The van der Waals surface area contributed by atoms with E-state index < -0.39 is 12.1 Å². The maximum atomic E-state index is 12.4. The molecule has 1 aromatic carbocycles. The minimum atomic E-state index is -4.86. The van der Waals surface area contributed by atoms with Crippen LogP contribution in [0.4, 0.5) is 13.2 Å². The smallest absolute Gasteiger partial charge is 0.329 e. The van der Waals surface area contributed by atoms with Gasteiger partial charge in [-0.15, -0.1) is 0 Å². The minimum Gasteiger partial charge on any atom is -0.329 e. The zero-order valence-electron chi connectivity index (χ0n) is 10.00. The molecule has 0 aliphatic heterocycles. The highest BCUT2D eigenvalue weighted by atomic mass is 19.4. The molecule has 0 radical (unpaired) electrons. The average Bonchev–Trinajstić information content (AvgIpc) is 2.29. The normalized spacial score (nSPS) is 11.4. The number of hydrogen-bond donors (Lipinski definition) is 1. The molecule has 0 aromatic heterocycles. The van der Waals surface area contributed by atoms with Gasteiger partial charge < -0.3 is 10.6 Å². The Morgan fingerprint density at radius 1 is 1.28 bits per heavy atom. The molecule has 1 amide bonds. The molecule has 18 heavy (non-hydrogen) atoms. The van der Waals surface area contributed by atoms with Crippen LogP contribution in [0.25, 0.3) is 0 Å². The minimum absolute atomic E-state index is 0.00627. The van der Waals surface area contributed by atoms with Crippen molar-refractivity contribution in [3.05, 3.63) is 35.4 Å². The fourth-order valence-corrected chi connectivity index (χ4v) is 1.50. The largest absolute Gasteiger partial charge is 0.471 e. The van der Waals surface area contributed by atoms with Crippen molar-refractivity contribution in [1.82, 2.24) is 4.90 Å². The topological polar surface area (TPSA) is 46.3 Å². The van der Waals surface area contributed by atoms with E-state index in [1.54, 1.807) is 24.3 Å². The first-order valence-corrected chi connectivity index (χ1v) is 5.46. The first kappa shape index (κ1) is 14.5. The second-order valence-electron chi connectivity index (χ2n) is 4.00. The number of alkyl halides is 3. The number of hydrogen-bond acceptors (Lipinski definition) is 2. The third kappa shape index (κ3) is 4.03. The van der Waals surface area contributed by atoms with Crippen LogP contribution in [0.2, 0.25) is 0 Å². The van der Waals surface area contributed by atoms with E-state index in [4.69, 9.17) is 5.73 Å². The molecule has 0 aliphatic carbocycles. The average molecular weight is 260 g/mol. The first-order valence-electron chi connectivity index (χ1n) is 5.46. The van der Waals surface area contributed by atoms with Gasteiger partial charge in [0.25, 0.3) is 0 Å². The number of amides is 1. The lowest BCUT2D eigenvalue weighted by Gasteiger charge is -2.23. The van der Waals surface area contributed by atoms with Crippen LogP contribution in [0.15, 0.2) is 24.3 Å². The van der Waals surface area contributed by atoms with Gasteiger partial charge in [-0.2, -0.15) is 13.2 Å². The van der Waals surface area contributed by atoms with Crippen LogP contribution >= 0.6 is 0 Å². The second kappa shape index (κ2) is 5.86. The van der Waals surface area contributed by atoms with Gasteiger partial charge in [0.2, 0.25) is 0 Å². The van der Waals surface area contributed by atoms with Crippen LogP contribution in [0.1, 0.15) is 11.1 Å². The molecule has 0 fully saturated rings. The number of carbonyl (C=O) groups excluding carboxylic acids is 1. The molecule has 1 aromatic rings. The summed E-state index contributed by atoms with van der Waals surface area (Å²) in [6.45, 7) is 1.66. The van der Waals surface area contributed by atoms with E-state index in [-0.39, 0.29) is 19.6 Å². The molecule has 0 aliphatic rings. The van der Waals surface area contributed by atoms with Gasteiger partial charge in [0.05, 0.1) is 0 Å². The van der Waals surface area contributed by atoms with Crippen molar-refractivity contribution in [3.63, 3.8) is 0 Å². The zero-order valence-corrected chi connectivity index (χ0v) is 10.00. The summed E-state index contributed by atoms with van der Waals surface area (Å²) < 4.78 is 37.1. The fraction of sp³-hybridized carbons (Fsp3) is 0.417. The molecule has 0 saturated heterocycles. The van der Waals surface area contributed by atoms with Crippen molar-refractivity contribution in [2.24, 2.45) is 5.73 Å². The van der Waals surface area contributed by atoms with Crippen molar-refractivity contribution in [1.29, 1.82) is 0 Å². The third-order valence-electron chi connectivity index (χ3n) is 2.42. The van der Waals surface area contributed by atoms with Gasteiger partial charge in [-0.05, 0) is 12.5 Å². The summed E-state index contributed by atoms with van der Waals surface area (Å²) in [5.41, 5.74) is 6.88. The van der Waals surface area contributed by atoms with Crippen molar-refractivity contribution in [2.45, 2.75) is 19.6 Å². The van der Waals surface area contributed by atoms with E-state index in [9.17, 15) is 18.0 Å². The molecule has 0 spiro atoms. The maximum Gasteiger partial charge on any atom is 0.471 e. The predicted molar refractivity (Wildman–Crippen MR) is 61.7 cm³/mol. The lowest BCUT2D eigenvalue weighted by molar-refractivity contribution is -0.186. The molecular formula is C12H15F3N2O. The highest BCUT2D eigenvalue weighted by Crippen LogP contribution is 2.19. The maximum absolute atomic E-state index is 12.4.